The summed E-state index contributed by atoms with van der Waals surface area (Å²) < 4.78 is 4.95. The number of halogens is 2. The molecule has 1 aliphatic heterocycles. The van der Waals surface area contributed by atoms with E-state index in [4.69, 9.17) is 27.9 Å². The molecule has 1 fully saturated rings. The summed E-state index contributed by atoms with van der Waals surface area (Å²) in [4.78, 5) is 19.2. The van der Waals surface area contributed by atoms with Crippen molar-refractivity contribution in [1.82, 2.24) is 20.1 Å². The summed E-state index contributed by atoms with van der Waals surface area (Å²) in [7, 11) is 0. The van der Waals surface area contributed by atoms with Crippen LogP contribution in [0, 0.1) is 0 Å². The first-order valence-corrected chi connectivity index (χ1v) is 6.59. The normalized spacial score (nSPS) is 15.5. The summed E-state index contributed by atoms with van der Waals surface area (Å²) in [5, 5.41) is 7.53. The number of amides is 1. The van der Waals surface area contributed by atoms with Crippen molar-refractivity contribution in [3.63, 3.8) is 0 Å². The second kappa shape index (κ2) is 6.21. The third-order valence-corrected chi connectivity index (χ3v) is 3.11. The fourth-order valence-electron chi connectivity index (χ4n) is 1.80. The van der Waals surface area contributed by atoms with Gasteiger partial charge in [-0.2, -0.15) is 4.98 Å². The Morgan fingerprint density at radius 2 is 1.95 bits per heavy atom. The highest BCUT2D eigenvalue weighted by atomic mass is 35.5. The number of rotatable bonds is 2. The highest BCUT2D eigenvalue weighted by Gasteiger charge is 2.24. The van der Waals surface area contributed by atoms with Crippen molar-refractivity contribution in [2.75, 3.05) is 37.7 Å². The van der Waals surface area contributed by atoms with E-state index in [1.807, 2.05) is 4.90 Å². The zero-order chi connectivity index (χ0) is 13.8. The van der Waals surface area contributed by atoms with E-state index in [-0.39, 0.29) is 16.5 Å². The summed E-state index contributed by atoms with van der Waals surface area (Å²) in [6.45, 7) is 4.41. The SMILES string of the molecule is CCOC(=O)N1CCN(c2nc(Cl)nnc2Cl)CC1. The van der Waals surface area contributed by atoms with Gasteiger partial charge < -0.3 is 14.5 Å². The monoisotopic (exact) mass is 305 g/mol. The van der Waals surface area contributed by atoms with Crippen LogP contribution in [0.3, 0.4) is 0 Å². The summed E-state index contributed by atoms with van der Waals surface area (Å²) in [6.07, 6.45) is -0.299. The van der Waals surface area contributed by atoms with Crippen LogP contribution in [0.5, 0.6) is 0 Å². The largest absolute Gasteiger partial charge is 0.450 e. The molecular formula is C10H13Cl2N5O2. The molecule has 0 N–H and O–H groups in total. The molecule has 1 aromatic rings. The molecule has 0 saturated carbocycles. The number of piperazine rings is 1. The van der Waals surface area contributed by atoms with E-state index in [1.165, 1.54) is 0 Å². The van der Waals surface area contributed by atoms with E-state index in [0.29, 0.717) is 38.6 Å². The van der Waals surface area contributed by atoms with Crippen molar-refractivity contribution in [2.24, 2.45) is 0 Å². The Morgan fingerprint density at radius 1 is 1.26 bits per heavy atom. The van der Waals surface area contributed by atoms with Crippen LogP contribution >= 0.6 is 23.2 Å². The van der Waals surface area contributed by atoms with Crippen molar-refractivity contribution in [2.45, 2.75) is 6.92 Å². The minimum absolute atomic E-state index is 0.0484. The lowest BCUT2D eigenvalue weighted by Gasteiger charge is -2.34. The van der Waals surface area contributed by atoms with Crippen LogP contribution in [0.4, 0.5) is 10.6 Å². The number of aromatic nitrogens is 3. The van der Waals surface area contributed by atoms with Crippen LogP contribution < -0.4 is 4.90 Å². The summed E-state index contributed by atoms with van der Waals surface area (Å²) in [5.74, 6) is 0.491. The molecule has 104 valence electrons. The fraction of sp³-hybridized carbons (Fsp3) is 0.600. The van der Waals surface area contributed by atoms with Crippen molar-refractivity contribution < 1.29 is 9.53 Å². The number of hydrogen-bond acceptors (Lipinski definition) is 6. The van der Waals surface area contributed by atoms with Gasteiger partial charge in [0.1, 0.15) is 0 Å². The van der Waals surface area contributed by atoms with Crippen molar-refractivity contribution in [1.29, 1.82) is 0 Å². The molecule has 0 unspecified atom stereocenters. The van der Waals surface area contributed by atoms with Gasteiger partial charge in [-0.1, -0.05) is 11.6 Å². The Balaban J connectivity index is 2.00. The first kappa shape index (κ1) is 14.1. The van der Waals surface area contributed by atoms with E-state index in [9.17, 15) is 4.79 Å². The van der Waals surface area contributed by atoms with Gasteiger partial charge in [-0.25, -0.2) is 4.79 Å². The molecule has 9 heteroatoms. The number of anilines is 1. The predicted octanol–water partition coefficient (Wildman–Crippen LogP) is 1.46. The highest BCUT2D eigenvalue weighted by molar-refractivity contribution is 6.32. The highest BCUT2D eigenvalue weighted by Crippen LogP contribution is 2.22. The molecule has 0 bridgehead atoms. The molecule has 1 aliphatic rings. The van der Waals surface area contributed by atoms with Gasteiger partial charge in [-0.15, -0.1) is 10.2 Å². The number of ether oxygens (including phenoxy) is 1. The van der Waals surface area contributed by atoms with E-state index >= 15 is 0 Å². The molecule has 1 saturated heterocycles. The average Bonchev–Trinajstić information content (AvgIpc) is 2.42. The minimum Gasteiger partial charge on any atom is -0.450 e. The maximum atomic E-state index is 11.6. The third kappa shape index (κ3) is 3.36. The first-order valence-electron chi connectivity index (χ1n) is 5.84. The molecule has 1 amide bonds. The first-order chi connectivity index (χ1) is 9.11. The van der Waals surface area contributed by atoms with Crippen LogP contribution in [0.2, 0.25) is 10.4 Å². The van der Waals surface area contributed by atoms with Crippen LogP contribution in [0.25, 0.3) is 0 Å². The van der Waals surface area contributed by atoms with Crippen LogP contribution in [0.15, 0.2) is 0 Å². The summed E-state index contributed by atoms with van der Waals surface area (Å²) in [6, 6.07) is 0. The standard InChI is InChI=1S/C10H13Cl2N5O2/c1-2-19-10(18)17-5-3-16(4-6-17)8-7(11)14-15-9(12)13-8/h2-6H2,1H3. The Hall–Kier alpha value is -1.34. The lowest BCUT2D eigenvalue weighted by atomic mass is 10.3. The second-order valence-corrected chi connectivity index (χ2v) is 4.56. The molecule has 7 nitrogen and oxygen atoms in total. The van der Waals surface area contributed by atoms with E-state index in [0.717, 1.165) is 0 Å². The van der Waals surface area contributed by atoms with Crippen LogP contribution in [-0.2, 0) is 4.74 Å². The maximum absolute atomic E-state index is 11.6. The minimum atomic E-state index is -0.299. The molecule has 2 rings (SSSR count). The Labute approximate surface area is 120 Å². The molecule has 2 heterocycles. The Morgan fingerprint density at radius 3 is 2.58 bits per heavy atom. The molecule has 0 radical (unpaired) electrons. The Bertz CT molecular complexity index is 465. The molecule has 0 spiro atoms. The lowest BCUT2D eigenvalue weighted by Crippen LogP contribution is -2.49. The van der Waals surface area contributed by atoms with Gasteiger partial charge in [0.15, 0.2) is 11.0 Å². The van der Waals surface area contributed by atoms with Gasteiger partial charge >= 0.3 is 6.09 Å². The average molecular weight is 306 g/mol. The van der Waals surface area contributed by atoms with Gasteiger partial charge in [0.25, 0.3) is 0 Å². The molecule has 0 aliphatic carbocycles. The second-order valence-electron chi connectivity index (χ2n) is 3.87. The van der Waals surface area contributed by atoms with Gasteiger partial charge in [-0.3, -0.25) is 0 Å². The predicted molar refractivity (Wildman–Crippen MR) is 70.7 cm³/mol. The van der Waals surface area contributed by atoms with E-state index in [1.54, 1.807) is 11.8 Å². The summed E-state index contributed by atoms with van der Waals surface area (Å²) >= 11 is 11.6. The van der Waals surface area contributed by atoms with Gasteiger partial charge in [-0.05, 0) is 18.5 Å². The number of hydrogen-bond donors (Lipinski definition) is 0. The third-order valence-electron chi connectivity index (χ3n) is 2.71. The van der Waals surface area contributed by atoms with Crippen LogP contribution in [-0.4, -0.2) is 59.0 Å². The zero-order valence-electron chi connectivity index (χ0n) is 10.3. The quantitative estimate of drug-likeness (QED) is 0.823. The number of carbonyl (C=O) groups excluding carboxylic acids is 1. The van der Waals surface area contributed by atoms with Gasteiger partial charge in [0.2, 0.25) is 5.28 Å². The molecule has 19 heavy (non-hydrogen) atoms. The van der Waals surface area contributed by atoms with E-state index < -0.39 is 0 Å². The zero-order valence-corrected chi connectivity index (χ0v) is 11.9. The molecule has 0 aromatic carbocycles. The number of carbonyl (C=O) groups is 1. The van der Waals surface area contributed by atoms with Gasteiger partial charge in [0.05, 0.1) is 6.61 Å². The Kier molecular flexibility index (Phi) is 4.60. The molecule has 1 aromatic heterocycles. The topological polar surface area (TPSA) is 71.5 Å². The van der Waals surface area contributed by atoms with Crippen molar-refractivity contribution >= 4 is 35.1 Å². The van der Waals surface area contributed by atoms with Gasteiger partial charge in [0, 0.05) is 26.2 Å². The van der Waals surface area contributed by atoms with Crippen LogP contribution in [0.1, 0.15) is 6.92 Å². The molecule has 0 atom stereocenters. The smallest absolute Gasteiger partial charge is 0.409 e. The van der Waals surface area contributed by atoms with Crippen molar-refractivity contribution in [3.05, 3.63) is 10.4 Å². The van der Waals surface area contributed by atoms with Crippen molar-refractivity contribution in [3.8, 4) is 0 Å². The fourth-order valence-corrected chi connectivity index (χ4v) is 2.12. The maximum Gasteiger partial charge on any atom is 0.409 e. The number of nitrogens with zero attached hydrogens (tertiary/aromatic N) is 5. The summed E-state index contributed by atoms with van der Waals surface area (Å²) in [5.41, 5.74) is 0. The van der Waals surface area contributed by atoms with E-state index in [2.05, 4.69) is 15.2 Å². The lowest BCUT2D eigenvalue weighted by molar-refractivity contribution is 0.105. The molecular weight excluding hydrogens is 293 g/mol.